The van der Waals surface area contributed by atoms with Crippen LogP contribution in [0.25, 0.3) is 10.9 Å². The van der Waals surface area contributed by atoms with E-state index in [9.17, 15) is 0 Å². The first-order valence-corrected chi connectivity index (χ1v) is 6.98. The highest BCUT2D eigenvalue weighted by Gasteiger charge is 2.25. The van der Waals surface area contributed by atoms with Crippen LogP contribution in [0.5, 0.6) is 0 Å². The number of hydrogen-bond acceptors (Lipinski definition) is 1. The van der Waals surface area contributed by atoms with Crippen LogP contribution in [0.15, 0.2) is 22.7 Å². The van der Waals surface area contributed by atoms with Crippen LogP contribution < -0.4 is 5.73 Å². The topological polar surface area (TPSA) is 30.9 Å². The number of aryl methyl sites for hydroxylation is 1. The Labute approximate surface area is 110 Å². The first kappa shape index (κ1) is 11.3. The molecule has 0 bridgehead atoms. The molecule has 1 heterocycles. The van der Waals surface area contributed by atoms with Crippen molar-refractivity contribution in [3.8, 4) is 0 Å². The fourth-order valence-corrected chi connectivity index (χ4v) is 3.49. The van der Waals surface area contributed by atoms with Crippen molar-refractivity contribution in [2.24, 2.45) is 12.8 Å². The van der Waals surface area contributed by atoms with Gasteiger partial charge in [0.15, 0.2) is 0 Å². The third-order valence-corrected chi connectivity index (χ3v) is 4.48. The molecule has 0 saturated heterocycles. The van der Waals surface area contributed by atoms with Gasteiger partial charge in [-0.3, -0.25) is 0 Å². The number of hydrogen-bond donors (Lipinski definition) is 1. The fraction of sp³-hybridized carbons (Fsp3) is 0.429. The lowest BCUT2D eigenvalue weighted by Crippen LogP contribution is -2.18. The minimum atomic E-state index is 0.545. The average Bonchev–Trinajstić information content (AvgIpc) is 2.63. The van der Waals surface area contributed by atoms with Crippen molar-refractivity contribution in [3.05, 3.63) is 33.9 Å². The molecule has 17 heavy (non-hydrogen) atoms. The minimum absolute atomic E-state index is 0.545. The molecule has 0 fully saturated rings. The van der Waals surface area contributed by atoms with Crippen LogP contribution in [-0.2, 0) is 13.5 Å². The second-order valence-electron chi connectivity index (χ2n) is 4.91. The van der Waals surface area contributed by atoms with Gasteiger partial charge in [-0.1, -0.05) is 22.0 Å². The summed E-state index contributed by atoms with van der Waals surface area (Å²) in [5, 5.41) is 1.39. The maximum absolute atomic E-state index is 5.93. The largest absolute Gasteiger partial charge is 0.347 e. The molecular weight excluding hydrogens is 276 g/mol. The zero-order valence-corrected chi connectivity index (χ0v) is 11.6. The number of nitrogens with zero attached hydrogens (tertiary/aromatic N) is 1. The van der Waals surface area contributed by atoms with Crippen LogP contribution >= 0.6 is 15.9 Å². The lowest BCUT2D eigenvalue weighted by molar-refractivity contribution is 0.549. The summed E-state index contributed by atoms with van der Waals surface area (Å²) in [6, 6.07) is 6.57. The van der Waals surface area contributed by atoms with Crippen molar-refractivity contribution in [1.29, 1.82) is 0 Å². The van der Waals surface area contributed by atoms with Crippen LogP contribution in [0, 0.1) is 0 Å². The zero-order valence-electron chi connectivity index (χ0n) is 10.0. The van der Waals surface area contributed by atoms with E-state index in [4.69, 9.17) is 5.73 Å². The summed E-state index contributed by atoms with van der Waals surface area (Å²) in [6.45, 7) is 0.766. The van der Waals surface area contributed by atoms with Gasteiger partial charge in [0.05, 0.1) is 0 Å². The maximum atomic E-state index is 5.93. The Bertz CT molecular complexity index is 571. The molecule has 3 rings (SSSR count). The molecule has 0 amide bonds. The smallest absolute Gasteiger partial charge is 0.0494 e. The van der Waals surface area contributed by atoms with E-state index in [1.54, 1.807) is 0 Å². The number of aromatic nitrogens is 1. The van der Waals surface area contributed by atoms with Crippen molar-refractivity contribution >= 4 is 26.8 Å². The molecule has 2 nitrogen and oxygen atoms in total. The van der Waals surface area contributed by atoms with Gasteiger partial charge in [-0.25, -0.2) is 0 Å². The van der Waals surface area contributed by atoms with E-state index >= 15 is 0 Å². The summed E-state index contributed by atoms with van der Waals surface area (Å²) in [7, 11) is 2.17. The Kier molecular flexibility index (Phi) is 2.75. The van der Waals surface area contributed by atoms with Crippen molar-refractivity contribution in [2.45, 2.75) is 25.2 Å². The van der Waals surface area contributed by atoms with Gasteiger partial charge in [-0.2, -0.15) is 0 Å². The molecule has 2 N–H and O–H groups in total. The highest BCUT2D eigenvalue weighted by atomic mass is 79.9. The van der Waals surface area contributed by atoms with Crippen molar-refractivity contribution in [1.82, 2.24) is 4.57 Å². The average molecular weight is 293 g/mol. The van der Waals surface area contributed by atoms with Crippen molar-refractivity contribution in [3.63, 3.8) is 0 Å². The van der Waals surface area contributed by atoms with E-state index in [1.807, 2.05) is 0 Å². The molecule has 1 aromatic heterocycles. The van der Waals surface area contributed by atoms with Gasteiger partial charge >= 0.3 is 0 Å². The predicted octanol–water partition coefficient (Wildman–Crippen LogP) is 3.32. The molecule has 0 aliphatic heterocycles. The standard InChI is InChI=1S/C14H17BrN2/c1-17-12-4-2-3-9(8-16)14(12)11-6-5-10(15)7-13(11)17/h5-7,9H,2-4,8,16H2,1H3. The first-order chi connectivity index (χ1) is 8.22. The van der Waals surface area contributed by atoms with Crippen LogP contribution in [0.2, 0.25) is 0 Å². The normalized spacial score (nSPS) is 19.6. The fourth-order valence-electron chi connectivity index (χ4n) is 3.15. The second kappa shape index (κ2) is 4.14. The summed E-state index contributed by atoms with van der Waals surface area (Å²) >= 11 is 3.55. The number of halogens is 1. The van der Waals surface area contributed by atoms with Gasteiger partial charge in [0.1, 0.15) is 0 Å². The molecule has 90 valence electrons. The summed E-state index contributed by atoms with van der Waals surface area (Å²) < 4.78 is 3.49. The van der Waals surface area contributed by atoms with E-state index in [0.29, 0.717) is 5.92 Å². The van der Waals surface area contributed by atoms with E-state index < -0.39 is 0 Å². The van der Waals surface area contributed by atoms with Gasteiger partial charge in [0.2, 0.25) is 0 Å². The van der Waals surface area contributed by atoms with Gasteiger partial charge in [0, 0.05) is 28.1 Å². The molecule has 1 atom stereocenters. The number of rotatable bonds is 1. The molecule has 3 heteroatoms. The quantitative estimate of drug-likeness (QED) is 0.859. The van der Waals surface area contributed by atoms with Gasteiger partial charge in [-0.05, 0) is 49.4 Å². The molecule has 1 aliphatic carbocycles. The Morgan fingerprint density at radius 1 is 1.47 bits per heavy atom. The second-order valence-corrected chi connectivity index (χ2v) is 5.82. The number of nitrogens with two attached hydrogens (primary N) is 1. The summed E-state index contributed by atoms with van der Waals surface area (Å²) in [6.07, 6.45) is 3.69. The van der Waals surface area contributed by atoms with Gasteiger partial charge in [0.25, 0.3) is 0 Å². The van der Waals surface area contributed by atoms with Crippen molar-refractivity contribution < 1.29 is 0 Å². The Morgan fingerprint density at radius 3 is 3.06 bits per heavy atom. The molecule has 0 radical (unpaired) electrons. The molecule has 1 unspecified atom stereocenters. The summed E-state index contributed by atoms with van der Waals surface area (Å²) in [5.74, 6) is 0.545. The van der Waals surface area contributed by atoms with Crippen LogP contribution in [0.4, 0.5) is 0 Å². The molecule has 2 aromatic rings. The van der Waals surface area contributed by atoms with Gasteiger partial charge < -0.3 is 10.3 Å². The van der Waals surface area contributed by atoms with E-state index in [1.165, 1.54) is 41.4 Å². The SMILES string of the molecule is Cn1c2c(c3ccc(Br)cc31)C(CN)CCC2. The van der Waals surface area contributed by atoms with E-state index in [2.05, 4.69) is 45.7 Å². The summed E-state index contributed by atoms with van der Waals surface area (Å²) in [4.78, 5) is 0. The third kappa shape index (κ3) is 1.64. The first-order valence-electron chi connectivity index (χ1n) is 6.19. The Balaban J connectivity index is 2.34. The molecule has 1 aliphatic rings. The van der Waals surface area contributed by atoms with E-state index in [-0.39, 0.29) is 0 Å². The third-order valence-electron chi connectivity index (χ3n) is 3.99. The molecule has 0 spiro atoms. The monoisotopic (exact) mass is 292 g/mol. The van der Waals surface area contributed by atoms with Gasteiger partial charge in [-0.15, -0.1) is 0 Å². The summed E-state index contributed by atoms with van der Waals surface area (Å²) in [5.41, 5.74) is 10.2. The van der Waals surface area contributed by atoms with Crippen LogP contribution in [-0.4, -0.2) is 11.1 Å². The number of fused-ring (bicyclic) bond motifs is 3. The Hall–Kier alpha value is -0.800. The molecule has 0 saturated carbocycles. The van der Waals surface area contributed by atoms with E-state index in [0.717, 1.165) is 11.0 Å². The van der Waals surface area contributed by atoms with Crippen molar-refractivity contribution in [2.75, 3.05) is 6.54 Å². The predicted molar refractivity (Wildman–Crippen MR) is 75.4 cm³/mol. The van der Waals surface area contributed by atoms with Crippen LogP contribution in [0.3, 0.4) is 0 Å². The lowest BCUT2D eigenvalue weighted by Gasteiger charge is -2.22. The maximum Gasteiger partial charge on any atom is 0.0494 e. The molecule has 1 aromatic carbocycles. The number of benzene rings is 1. The highest BCUT2D eigenvalue weighted by Crippen LogP contribution is 2.38. The minimum Gasteiger partial charge on any atom is -0.347 e. The Morgan fingerprint density at radius 2 is 2.29 bits per heavy atom. The highest BCUT2D eigenvalue weighted by molar-refractivity contribution is 9.10. The lowest BCUT2D eigenvalue weighted by atomic mass is 9.85. The zero-order chi connectivity index (χ0) is 12.0. The van der Waals surface area contributed by atoms with Crippen LogP contribution in [0.1, 0.15) is 30.0 Å². The molecular formula is C14H17BrN2.